The third-order valence-corrected chi connectivity index (χ3v) is 7.23. The van der Waals surface area contributed by atoms with Gasteiger partial charge >= 0.3 is 11.7 Å². The summed E-state index contributed by atoms with van der Waals surface area (Å²) in [4.78, 5) is 51.5. The van der Waals surface area contributed by atoms with Crippen LogP contribution in [0.2, 0.25) is 0 Å². The summed E-state index contributed by atoms with van der Waals surface area (Å²) < 4.78 is 7.07. The van der Waals surface area contributed by atoms with Gasteiger partial charge in [-0.05, 0) is 48.7 Å². The van der Waals surface area contributed by atoms with Gasteiger partial charge in [-0.2, -0.15) is 4.98 Å². The van der Waals surface area contributed by atoms with Crippen molar-refractivity contribution in [2.24, 2.45) is 5.73 Å². The number of H-pyrrole nitrogens is 2. The first-order valence-corrected chi connectivity index (χ1v) is 13.0. The molecule has 0 unspecified atom stereocenters. The quantitative estimate of drug-likeness (QED) is 0.104. The maximum atomic E-state index is 13.2. The molecular formula is C28H30N6O7. The molecule has 2 aliphatic heterocycles. The molecule has 0 saturated heterocycles. The molecule has 0 bridgehead atoms. The van der Waals surface area contributed by atoms with Crippen molar-refractivity contribution in [2.45, 2.75) is 51.2 Å². The number of nitrogens with two attached hydrogens (primary N) is 1. The Morgan fingerprint density at radius 1 is 1.12 bits per heavy atom. The molecule has 41 heavy (non-hydrogen) atoms. The molecule has 0 amide bonds. The molecule has 3 heterocycles. The molecule has 2 aromatic carbocycles. The van der Waals surface area contributed by atoms with E-state index in [1.165, 1.54) is 4.57 Å². The number of hydrogen-bond donors (Lipinski definition) is 6. The zero-order valence-electron chi connectivity index (χ0n) is 22.4. The molecule has 3 aromatic rings. The van der Waals surface area contributed by atoms with E-state index in [1.54, 1.807) is 18.3 Å². The molecule has 2 aliphatic rings. The monoisotopic (exact) mass is 562 g/mol. The van der Waals surface area contributed by atoms with Gasteiger partial charge < -0.3 is 35.3 Å². The smallest absolute Gasteiger partial charge is 0.349 e. The van der Waals surface area contributed by atoms with Crippen LogP contribution in [0.15, 0.2) is 52.2 Å². The number of aromatic amines is 2. The van der Waals surface area contributed by atoms with Crippen LogP contribution in [-0.2, 0) is 22.5 Å². The fourth-order valence-electron chi connectivity index (χ4n) is 4.84. The lowest BCUT2D eigenvalue weighted by atomic mass is 10.0. The van der Waals surface area contributed by atoms with Gasteiger partial charge in [0.15, 0.2) is 11.5 Å². The summed E-state index contributed by atoms with van der Waals surface area (Å²) in [7, 11) is 0. The number of hydrogen-bond acceptors (Lipinski definition) is 10. The predicted octanol–water partition coefficient (Wildman–Crippen LogP) is -0.121. The molecule has 0 saturated carbocycles. The molecule has 1 aromatic heterocycles. The number of carbonyl (C=O) groups excluding carboxylic acids is 1. The Hall–Kier alpha value is -4.43. The molecule has 0 fully saturated rings. The molecular weight excluding hydrogens is 532 g/mol. The van der Waals surface area contributed by atoms with Gasteiger partial charge in [-0.3, -0.25) is 14.6 Å². The summed E-state index contributed by atoms with van der Waals surface area (Å²) in [6.07, 6.45) is -3.02. The van der Waals surface area contributed by atoms with Gasteiger partial charge in [0, 0.05) is 23.5 Å². The van der Waals surface area contributed by atoms with E-state index >= 15 is 0 Å². The molecule has 214 valence electrons. The van der Waals surface area contributed by atoms with Crippen molar-refractivity contribution in [1.29, 1.82) is 0 Å². The van der Waals surface area contributed by atoms with Crippen molar-refractivity contribution in [2.75, 3.05) is 6.61 Å². The molecule has 0 aliphatic carbocycles. The normalized spacial score (nSPS) is 14.8. The number of para-hydroxylation sites is 1. The summed E-state index contributed by atoms with van der Waals surface area (Å²) in [6.45, 7) is 2.56. The number of aliphatic hydroxyl groups is 3. The average Bonchev–Trinajstić information content (AvgIpc) is 3.35. The Kier molecular flexibility index (Phi) is 7.69. The standard InChI is InChI=1S/C28H30N6O7/c1-13-7-19-20(8-14(13)2)34(25-23(31-19)26(38)33-28(40)32-25)11-22(24(37)21(36)12-35)41-27(39)17(29)9-15-10-30-18-6-4-3-5-16(15)18/h3-8,10,17,21-22,24,30,35-37H,9,11-12,29H2,1-2H3,(H,33,38,40)/t17-,21-,22+,24-/m0/s1. The number of esters is 1. The molecule has 7 N–H and O–H groups in total. The number of carbonyl (C=O) groups is 1. The summed E-state index contributed by atoms with van der Waals surface area (Å²) in [6, 6.07) is 9.90. The highest BCUT2D eigenvalue weighted by Gasteiger charge is 2.33. The van der Waals surface area contributed by atoms with Gasteiger partial charge in [-0.1, -0.05) is 18.2 Å². The van der Waals surface area contributed by atoms with Crippen molar-refractivity contribution in [1.82, 2.24) is 24.5 Å². The molecule has 4 atom stereocenters. The van der Waals surface area contributed by atoms with Crippen LogP contribution in [0.1, 0.15) is 16.7 Å². The molecule has 5 rings (SSSR count). The van der Waals surface area contributed by atoms with Crippen LogP contribution in [0.4, 0.5) is 0 Å². The van der Waals surface area contributed by atoms with E-state index < -0.39 is 48.2 Å². The second-order valence-corrected chi connectivity index (χ2v) is 10.1. The Bertz CT molecular complexity index is 1830. The van der Waals surface area contributed by atoms with Crippen molar-refractivity contribution in [3.8, 4) is 11.5 Å². The van der Waals surface area contributed by atoms with Crippen LogP contribution in [0.5, 0.6) is 0 Å². The van der Waals surface area contributed by atoms with E-state index in [9.17, 15) is 29.7 Å². The van der Waals surface area contributed by atoms with E-state index in [0.29, 0.717) is 11.0 Å². The van der Waals surface area contributed by atoms with Gasteiger partial charge in [0.1, 0.15) is 24.4 Å². The summed E-state index contributed by atoms with van der Waals surface area (Å²) in [5.41, 5.74) is 8.65. The predicted molar refractivity (Wildman–Crippen MR) is 149 cm³/mol. The summed E-state index contributed by atoms with van der Waals surface area (Å²) in [5.74, 6) is -0.973. The highest BCUT2D eigenvalue weighted by molar-refractivity contribution is 5.85. The van der Waals surface area contributed by atoms with Crippen LogP contribution < -0.4 is 17.0 Å². The first-order chi connectivity index (χ1) is 19.6. The second kappa shape index (κ2) is 11.2. The molecule has 0 spiro atoms. The number of aromatic nitrogens is 5. The number of nitrogens with one attached hydrogen (secondary N) is 2. The molecule has 0 radical (unpaired) electrons. The second-order valence-electron chi connectivity index (χ2n) is 10.1. The van der Waals surface area contributed by atoms with Gasteiger partial charge in [0.2, 0.25) is 0 Å². The van der Waals surface area contributed by atoms with Crippen molar-refractivity contribution >= 4 is 27.9 Å². The van der Waals surface area contributed by atoms with Gasteiger partial charge in [-0.25, -0.2) is 9.78 Å². The van der Waals surface area contributed by atoms with Crippen molar-refractivity contribution in [3.63, 3.8) is 0 Å². The maximum Gasteiger partial charge on any atom is 0.349 e. The summed E-state index contributed by atoms with van der Waals surface area (Å²) in [5, 5.41) is 31.6. The Balaban J connectivity index is 1.53. The van der Waals surface area contributed by atoms with Gasteiger partial charge in [0.05, 0.1) is 24.2 Å². The minimum Gasteiger partial charge on any atom is -0.456 e. The van der Waals surface area contributed by atoms with Crippen LogP contribution in [-0.4, -0.2) is 76.8 Å². The largest absolute Gasteiger partial charge is 0.456 e. The number of fused-ring (bicyclic) bond motifs is 3. The summed E-state index contributed by atoms with van der Waals surface area (Å²) >= 11 is 0. The topological polar surface area (TPSA) is 209 Å². The van der Waals surface area contributed by atoms with Crippen molar-refractivity contribution < 1.29 is 24.9 Å². The van der Waals surface area contributed by atoms with E-state index in [1.807, 2.05) is 38.1 Å². The Morgan fingerprint density at radius 3 is 2.61 bits per heavy atom. The third-order valence-electron chi connectivity index (χ3n) is 7.23. The van der Waals surface area contributed by atoms with E-state index in [-0.39, 0.29) is 24.5 Å². The van der Waals surface area contributed by atoms with E-state index in [0.717, 1.165) is 27.6 Å². The fourth-order valence-corrected chi connectivity index (χ4v) is 4.84. The van der Waals surface area contributed by atoms with Gasteiger partial charge in [-0.15, -0.1) is 0 Å². The fraction of sp³-hybridized carbons (Fsp3) is 0.321. The lowest BCUT2D eigenvalue weighted by Gasteiger charge is -2.29. The van der Waals surface area contributed by atoms with Crippen molar-refractivity contribution in [3.05, 3.63) is 80.1 Å². The zero-order chi connectivity index (χ0) is 29.4. The molecule has 13 nitrogen and oxygen atoms in total. The maximum absolute atomic E-state index is 13.2. The third kappa shape index (κ3) is 5.47. The minimum absolute atomic E-state index is 0.107. The Labute approximate surface area is 232 Å². The minimum atomic E-state index is -1.75. The Morgan fingerprint density at radius 2 is 1.85 bits per heavy atom. The highest BCUT2D eigenvalue weighted by Crippen LogP contribution is 2.26. The number of ether oxygens (including phenoxy) is 1. The number of benzene rings is 2. The average molecular weight is 563 g/mol. The molecule has 13 heteroatoms. The number of aliphatic hydroxyl groups excluding tert-OH is 3. The number of aryl methyl sites for hydroxylation is 2. The number of rotatable bonds is 9. The first-order valence-electron chi connectivity index (χ1n) is 13.0. The highest BCUT2D eigenvalue weighted by atomic mass is 16.6. The lowest BCUT2D eigenvalue weighted by Crippen LogP contribution is -2.47. The van der Waals surface area contributed by atoms with E-state index in [2.05, 4.69) is 19.9 Å². The SMILES string of the molecule is Cc1cc2nc3c(=O)[nH]c(=O)nc-3n(C[C@@H](OC(=O)[C@@H](N)Cc3c[nH]c4ccccc34)[C@@H](O)[C@@H](O)CO)c2cc1C. The van der Waals surface area contributed by atoms with Crippen LogP contribution in [0.25, 0.3) is 33.5 Å². The van der Waals surface area contributed by atoms with Crippen LogP contribution in [0, 0.1) is 13.8 Å². The van der Waals surface area contributed by atoms with Gasteiger partial charge in [0.25, 0.3) is 5.56 Å². The number of nitrogens with zero attached hydrogens (tertiary/aromatic N) is 3. The lowest BCUT2D eigenvalue weighted by molar-refractivity contribution is -0.164. The van der Waals surface area contributed by atoms with Crippen LogP contribution >= 0.6 is 0 Å². The van der Waals surface area contributed by atoms with Crippen LogP contribution in [0.3, 0.4) is 0 Å². The van der Waals surface area contributed by atoms with E-state index in [4.69, 9.17) is 10.5 Å². The first kappa shape index (κ1) is 28.1. The zero-order valence-corrected chi connectivity index (χ0v) is 22.4.